The van der Waals surface area contributed by atoms with Crippen LogP contribution in [0.3, 0.4) is 0 Å². The minimum absolute atomic E-state index is 0.190. The minimum atomic E-state index is -1.01. The van der Waals surface area contributed by atoms with Gasteiger partial charge in [-0.1, -0.05) is 0 Å². The van der Waals surface area contributed by atoms with Gasteiger partial charge in [0.15, 0.2) is 10.7 Å². The molecule has 1 unspecified atom stereocenters. The number of nitrogens with zero attached hydrogens (tertiary/aromatic N) is 1. The molecule has 1 aromatic rings. The van der Waals surface area contributed by atoms with E-state index in [2.05, 4.69) is 10.3 Å². The Labute approximate surface area is 83.9 Å². The normalized spacial score (nSPS) is 19.6. The molecule has 0 spiro atoms. The summed E-state index contributed by atoms with van der Waals surface area (Å²) in [5.74, 6) is 0.502. The number of rotatable bonds is 1. The van der Waals surface area contributed by atoms with E-state index in [4.69, 9.17) is 5.73 Å². The third-order valence-electron chi connectivity index (χ3n) is 1.94. The highest BCUT2D eigenvalue weighted by atomic mass is 32.2. The Bertz CT molecular complexity index is 383. The number of anilines is 1. The second-order valence-electron chi connectivity index (χ2n) is 2.88. The van der Waals surface area contributed by atoms with Gasteiger partial charge >= 0.3 is 0 Å². The third-order valence-corrected chi connectivity index (χ3v) is 3.33. The first-order valence-corrected chi connectivity index (χ1v) is 5.43. The fourth-order valence-electron chi connectivity index (χ4n) is 1.27. The molecule has 2 heterocycles. The largest absolute Gasteiger partial charge is 0.611 e. The summed E-state index contributed by atoms with van der Waals surface area (Å²) in [6.45, 7) is 0.606. The Morgan fingerprint density at radius 3 is 3.14 bits per heavy atom. The van der Waals surface area contributed by atoms with Crippen molar-refractivity contribution in [1.82, 2.24) is 4.98 Å². The topological polar surface area (TPSA) is 91.1 Å². The Balaban J connectivity index is 2.44. The van der Waals surface area contributed by atoms with Gasteiger partial charge in [-0.15, -0.1) is 0 Å². The highest BCUT2D eigenvalue weighted by Crippen LogP contribution is 2.23. The Morgan fingerprint density at radius 2 is 2.43 bits per heavy atom. The lowest BCUT2D eigenvalue weighted by Gasteiger charge is -2.19. The molecule has 1 amide bonds. The van der Waals surface area contributed by atoms with Crippen LogP contribution in [0.1, 0.15) is 10.5 Å². The van der Waals surface area contributed by atoms with Crippen LogP contribution in [0.2, 0.25) is 0 Å². The van der Waals surface area contributed by atoms with E-state index in [1.54, 1.807) is 6.07 Å². The van der Waals surface area contributed by atoms with E-state index in [-0.39, 0.29) is 5.69 Å². The van der Waals surface area contributed by atoms with E-state index in [1.165, 1.54) is 6.07 Å². The number of aromatic nitrogens is 1. The molecule has 0 saturated heterocycles. The van der Waals surface area contributed by atoms with Crippen LogP contribution in [-0.4, -0.2) is 27.7 Å². The van der Waals surface area contributed by atoms with Gasteiger partial charge in [-0.25, -0.2) is 4.98 Å². The first kappa shape index (κ1) is 9.29. The van der Waals surface area contributed by atoms with Crippen molar-refractivity contribution in [2.45, 2.75) is 4.90 Å². The quantitative estimate of drug-likeness (QED) is 0.625. The van der Waals surface area contributed by atoms with Gasteiger partial charge in [0.1, 0.15) is 11.4 Å². The lowest BCUT2D eigenvalue weighted by molar-refractivity contribution is 0.0995. The second kappa shape index (κ2) is 3.47. The van der Waals surface area contributed by atoms with Crippen LogP contribution in [0.5, 0.6) is 0 Å². The van der Waals surface area contributed by atoms with E-state index >= 15 is 0 Å². The van der Waals surface area contributed by atoms with Gasteiger partial charge in [0, 0.05) is 0 Å². The number of carbonyl (C=O) groups is 1. The zero-order valence-corrected chi connectivity index (χ0v) is 8.13. The van der Waals surface area contributed by atoms with Crippen LogP contribution in [0.25, 0.3) is 0 Å². The van der Waals surface area contributed by atoms with Gasteiger partial charge in [0.25, 0.3) is 5.91 Å². The van der Waals surface area contributed by atoms with Gasteiger partial charge in [-0.3, -0.25) is 4.79 Å². The van der Waals surface area contributed by atoms with Crippen molar-refractivity contribution >= 4 is 22.9 Å². The molecule has 1 aromatic heterocycles. The molecule has 3 N–H and O–H groups in total. The molecule has 0 fully saturated rings. The molecule has 0 radical (unpaired) electrons. The number of nitrogens with two attached hydrogens (primary N) is 1. The molecule has 1 aliphatic rings. The molecular weight excluding hydrogens is 202 g/mol. The average molecular weight is 211 g/mol. The molecule has 6 heteroatoms. The number of nitrogens with one attached hydrogen (secondary N) is 1. The zero-order valence-electron chi connectivity index (χ0n) is 7.32. The van der Waals surface area contributed by atoms with Crippen molar-refractivity contribution in [1.29, 1.82) is 0 Å². The molecule has 14 heavy (non-hydrogen) atoms. The van der Waals surface area contributed by atoms with Crippen molar-refractivity contribution in [3.63, 3.8) is 0 Å². The van der Waals surface area contributed by atoms with Gasteiger partial charge in [-0.05, 0) is 23.3 Å². The summed E-state index contributed by atoms with van der Waals surface area (Å²) in [6.07, 6.45) is 0. The van der Waals surface area contributed by atoms with Crippen molar-refractivity contribution in [2.24, 2.45) is 5.73 Å². The van der Waals surface area contributed by atoms with Gasteiger partial charge in [0.05, 0.1) is 6.54 Å². The van der Waals surface area contributed by atoms with E-state index in [0.717, 1.165) is 0 Å². The van der Waals surface area contributed by atoms with Crippen molar-refractivity contribution in [3.05, 3.63) is 17.8 Å². The lowest BCUT2D eigenvalue weighted by Crippen LogP contribution is -2.25. The Kier molecular flexibility index (Phi) is 2.30. The summed E-state index contributed by atoms with van der Waals surface area (Å²) >= 11 is -1.01. The summed E-state index contributed by atoms with van der Waals surface area (Å²) in [6, 6.07) is 3.12. The van der Waals surface area contributed by atoms with E-state index in [1.807, 2.05) is 0 Å². The minimum Gasteiger partial charge on any atom is -0.611 e. The average Bonchev–Trinajstić information content (AvgIpc) is 2.17. The highest BCUT2D eigenvalue weighted by Gasteiger charge is 2.23. The summed E-state index contributed by atoms with van der Waals surface area (Å²) in [5, 5.41) is 2.98. The first-order chi connectivity index (χ1) is 6.68. The number of hydrogen-bond donors (Lipinski definition) is 2. The molecule has 1 atom stereocenters. The van der Waals surface area contributed by atoms with Crippen LogP contribution < -0.4 is 11.1 Å². The van der Waals surface area contributed by atoms with Crippen molar-refractivity contribution < 1.29 is 9.35 Å². The molecule has 0 aliphatic carbocycles. The number of pyridine rings is 1. The number of primary amides is 1. The third kappa shape index (κ3) is 1.53. The van der Waals surface area contributed by atoms with Crippen molar-refractivity contribution in [3.8, 4) is 0 Å². The molecule has 1 aliphatic heterocycles. The number of hydrogen-bond acceptors (Lipinski definition) is 4. The Morgan fingerprint density at radius 1 is 1.64 bits per heavy atom. The highest BCUT2D eigenvalue weighted by molar-refractivity contribution is 7.91. The SMILES string of the molecule is NC(=O)c1ccc2c(n1)NCC[S+]2[O-]. The van der Waals surface area contributed by atoms with Gasteiger partial charge < -0.3 is 15.6 Å². The maximum absolute atomic E-state index is 11.5. The lowest BCUT2D eigenvalue weighted by atomic mass is 10.3. The van der Waals surface area contributed by atoms with E-state index in [0.29, 0.717) is 23.0 Å². The fourth-order valence-corrected chi connectivity index (χ4v) is 2.33. The molecule has 0 bridgehead atoms. The molecule has 0 aromatic carbocycles. The van der Waals surface area contributed by atoms with Crippen LogP contribution in [0.4, 0.5) is 5.82 Å². The predicted molar refractivity (Wildman–Crippen MR) is 52.5 cm³/mol. The smallest absolute Gasteiger partial charge is 0.267 e. The van der Waals surface area contributed by atoms with E-state index < -0.39 is 17.1 Å². The van der Waals surface area contributed by atoms with Crippen LogP contribution >= 0.6 is 0 Å². The van der Waals surface area contributed by atoms with E-state index in [9.17, 15) is 9.35 Å². The molecule has 2 rings (SSSR count). The summed E-state index contributed by atoms with van der Waals surface area (Å²) < 4.78 is 11.5. The maximum atomic E-state index is 11.5. The zero-order chi connectivity index (χ0) is 10.1. The molecule has 0 saturated carbocycles. The number of fused-ring (bicyclic) bond motifs is 1. The Hall–Kier alpha value is -1.27. The summed E-state index contributed by atoms with van der Waals surface area (Å²) in [7, 11) is 0. The fraction of sp³-hybridized carbons (Fsp3) is 0.250. The predicted octanol–water partition coefficient (Wildman–Crippen LogP) is -0.286. The maximum Gasteiger partial charge on any atom is 0.267 e. The summed E-state index contributed by atoms with van der Waals surface area (Å²) in [5.41, 5.74) is 5.27. The second-order valence-corrected chi connectivity index (χ2v) is 4.42. The van der Waals surface area contributed by atoms with Gasteiger partial charge in [-0.2, -0.15) is 0 Å². The first-order valence-electron chi connectivity index (χ1n) is 4.11. The standard InChI is InChI=1S/C8H9N3O2S/c9-7(12)5-1-2-6-8(11-5)10-3-4-14(6)13/h1-2H,3-4H2,(H2,9,12)(H,10,11). The number of amides is 1. The molecule has 5 nitrogen and oxygen atoms in total. The monoisotopic (exact) mass is 211 g/mol. The van der Waals surface area contributed by atoms with Crippen LogP contribution in [-0.2, 0) is 11.2 Å². The van der Waals surface area contributed by atoms with Gasteiger partial charge in [0.2, 0.25) is 0 Å². The van der Waals surface area contributed by atoms with Crippen molar-refractivity contribution in [2.75, 3.05) is 17.6 Å². The van der Waals surface area contributed by atoms with Crippen LogP contribution in [0.15, 0.2) is 17.0 Å². The molecule has 74 valence electrons. The van der Waals surface area contributed by atoms with Crippen LogP contribution in [0, 0.1) is 0 Å². The summed E-state index contributed by atoms with van der Waals surface area (Å²) in [4.78, 5) is 15.4. The number of carbonyl (C=O) groups excluding carboxylic acids is 1. The molecular formula is C8H9N3O2S.